The van der Waals surface area contributed by atoms with Crippen molar-refractivity contribution in [3.05, 3.63) is 64.7 Å². The van der Waals surface area contributed by atoms with E-state index in [9.17, 15) is 24.3 Å². The molecule has 0 unspecified atom stereocenters. The van der Waals surface area contributed by atoms with Crippen LogP contribution in [-0.2, 0) is 19.2 Å². The predicted octanol–water partition coefficient (Wildman–Crippen LogP) is 5.02. The minimum atomic E-state index is -0.984. The molecule has 1 aliphatic carbocycles. The molecule has 3 atom stereocenters. The number of imide groups is 1. The number of nitrogens with zero attached hydrogens (tertiary/aromatic N) is 1. The number of carboxylic acid groups (broad SMARTS) is 1. The van der Waals surface area contributed by atoms with E-state index in [1.54, 1.807) is 36.4 Å². The Morgan fingerprint density at radius 3 is 2.29 bits per heavy atom. The van der Waals surface area contributed by atoms with Crippen molar-refractivity contribution in [3.63, 3.8) is 0 Å². The van der Waals surface area contributed by atoms with Gasteiger partial charge in [0.05, 0.1) is 32.8 Å². The maximum atomic E-state index is 12.9. The fourth-order valence-electron chi connectivity index (χ4n) is 3.98. The standard InChI is InChI=1S/C24H20Cl2N2O5S/c25-18-10-7-14(11-19(18)26)28-21(29)12-20(23(28)31)34-15-8-5-13(6-9-15)27-22(30)16-3-1-2-4-17(16)24(32)33/h1-2,5-11,16-17,20H,3-4,12H2,(H,27,30)(H,32,33)/t16-,17-,20-/m1/s1. The average Bonchev–Trinajstić information content (AvgIpc) is 3.09. The van der Waals surface area contributed by atoms with Gasteiger partial charge in [-0.2, -0.15) is 0 Å². The molecule has 3 amide bonds. The van der Waals surface area contributed by atoms with Gasteiger partial charge < -0.3 is 10.4 Å². The van der Waals surface area contributed by atoms with Crippen molar-refractivity contribution in [1.29, 1.82) is 0 Å². The van der Waals surface area contributed by atoms with Gasteiger partial charge in [-0.25, -0.2) is 4.90 Å². The number of carbonyl (C=O) groups is 4. The van der Waals surface area contributed by atoms with E-state index in [4.69, 9.17) is 23.2 Å². The minimum Gasteiger partial charge on any atom is -0.481 e. The minimum absolute atomic E-state index is 0.0496. The van der Waals surface area contributed by atoms with E-state index in [2.05, 4.69) is 5.32 Å². The van der Waals surface area contributed by atoms with Crippen LogP contribution in [0.2, 0.25) is 10.0 Å². The lowest BCUT2D eigenvalue weighted by Crippen LogP contribution is -2.34. The number of benzene rings is 2. The first-order valence-electron chi connectivity index (χ1n) is 10.5. The van der Waals surface area contributed by atoms with Gasteiger partial charge in [0.25, 0.3) is 0 Å². The summed E-state index contributed by atoms with van der Waals surface area (Å²) in [6, 6.07) is 11.5. The zero-order chi connectivity index (χ0) is 24.4. The molecular formula is C24H20Cl2N2O5S. The van der Waals surface area contributed by atoms with E-state index in [0.717, 1.165) is 9.80 Å². The lowest BCUT2D eigenvalue weighted by molar-refractivity contribution is -0.146. The Bertz CT molecular complexity index is 1180. The van der Waals surface area contributed by atoms with Crippen LogP contribution in [0.5, 0.6) is 0 Å². The van der Waals surface area contributed by atoms with Crippen molar-refractivity contribution >= 4 is 70.0 Å². The van der Waals surface area contributed by atoms with Gasteiger partial charge in [-0.15, -0.1) is 11.8 Å². The van der Waals surface area contributed by atoms with E-state index >= 15 is 0 Å². The van der Waals surface area contributed by atoms with Crippen LogP contribution in [-0.4, -0.2) is 34.0 Å². The monoisotopic (exact) mass is 518 g/mol. The van der Waals surface area contributed by atoms with E-state index in [1.807, 2.05) is 6.08 Å². The molecule has 1 saturated heterocycles. The Morgan fingerprint density at radius 2 is 1.65 bits per heavy atom. The van der Waals surface area contributed by atoms with Crippen LogP contribution in [0.4, 0.5) is 11.4 Å². The molecule has 2 aromatic carbocycles. The number of halogens is 2. The zero-order valence-electron chi connectivity index (χ0n) is 17.7. The van der Waals surface area contributed by atoms with Crippen LogP contribution in [0.25, 0.3) is 0 Å². The molecule has 34 heavy (non-hydrogen) atoms. The Labute approximate surface area is 210 Å². The Hall–Kier alpha value is -2.81. The molecule has 4 rings (SSSR count). The average molecular weight is 519 g/mol. The van der Waals surface area contributed by atoms with Gasteiger partial charge in [0.15, 0.2) is 0 Å². The lowest BCUT2D eigenvalue weighted by Gasteiger charge is -2.24. The molecule has 176 valence electrons. The Kier molecular flexibility index (Phi) is 7.30. The molecule has 1 heterocycles. The molecule has 2 aromatic rings. The van der Waals surface area contributed by atoms with Crippen LogP contribution in [0, 0.1) is 11.8 Å². The smallest absolute Gasteiger partial charge is 0.307 e. The van der Waals surface area contributed by atoms with Crippen molar-refractivity contribution in [1.82, 2.24) is 0 Å². The second-order valence-corrected chi connectivity index (χ2v) is 10.1. The first kappa shape index (κ1) is 24.3. The summed E-state index contributed by atoms with van der Waals surface area (Å²) in [4.78, 5) is 51.3. The van der Waals surface area contributed by atoms with Gasteiger partial charge in [0, 0.05) is 17.0 Å². The number of nitrogens with one attached hydrogen (secondary N) is 1. The number of anilines is 2. The van der Waals surface area contributed by atoms with Gasteiger partial charge in [-0.3, -0.25) is 19.2 Å². The van der Waals surface area contributed by atoms with Crippen LogP contribution in [0.15, 0.2) is 59.5 Å². The van der Waals surface area contributed by atoms with Crippen molar-refractivity contribution in [2.45, 2.75) is 29.4 Å². The van der Waals surface area contributed by atoms with Crippen molar-refractivity contribution in [3.8, 4) is 0 Å². The quantitative estimate of drug-likeness (QED) is 0.410. The molecule has 1 aliphatic heterocycles. The highest BCUT2D eigenvalue weighted by molar-refractivity contribution is 8.00. The SMILES string of the molecule is O=C(O)[C@@H]1CC=CC[C@H]1C(=O)Nc1ccc(S[C@@H]2CC(=O)N(c3ccc(Cl)c(Cl)c3)C2=O)cc1. The van der Waals surface area contributed by atoms with E-state index < -0.39 is 23.1 Å². The second-order valence-electron chi connectivity index (χ2n) is 7.98. The van der Waals surface area contributed by atoms with Crippen LogP contribution < -0.4 is 10.2 Å². The summed E-state index contributed by atoms with van der Waals surface area (Å²) in [6.07, 6.45) is 4.37. The molecule has 1 fully saturated rings. The summed E-state index contributed by atoms with van der Waals surface area (Å²) >= 11 is 13.2. The summed E-state index contributed by atoms with van der Waals surface area (Å²) in [7, 11) is 0. The maximum Gasteiger partial charge on any atom is 0.307 e. The summed E-state index contributed by atoms with van der Waals surface area (Å²) < 4.78 is 0. The van der Waals surface area contributed by atoms with Crippen LogP contribution in [0.3, 0.4) is 0 Å². The largest absolute Gasteiger partial charge is 0.481 e. The second kappa shape index (κ2) is 10.2. The number of amides is 3. The normalized spacial score (nSPS) is 22.2. The third-order valence-electron chi connectivity index (χ3n) is 5.75. The zero-order valence-corrected chi connectivity index (χ0v) is 20.1. The predicted molar refractivity (Wildman–Crippen MR) is 131 cm³/mol. The van der Waals surface area contributed by atoms with E-state index in [-0.39, 0.29) is 29.2 Å². The van der Waals surface area contributed by atoms with Gasteiger partial charge >= 0.3 is 5.97 Å². The highest BCUT2D eigenvalue weighted by atomic mass is 35.5. The summed E-state index contributed by atoms with van der Waals surface area (Å²) in [6.45, 7) is 0. The number of thioether (sulfide) groups is 1. The van der Waals surface area contributed by atoms with Gasteiger partial charge in [-0.1, -0.05) is 35.4 Å². The van der Waals surface area contributed by atoms with Crippen LogP contribution >= 0.6 is 35.0 Å². The molecule has 0 spiro atoms. The maximum absolute atomic E-state index is 12.9. The van der Waals surface area contributed by atoms with Crippen molar-refractivity contribution in [2.24, 2.45) is 11.8 Å². The summed E-state index contributed by atoms with van der Waals surface area (Å²) in [5.74, 6) is -3.36. The molecule has 0 aromatic heterocycles. The number of aliphatic carboxylic acids is 1. The Morgan fingerprint density at radius 1 is 0.971 bits per heavy atom. The third kappa shape index (κ3) is 5.14. The number of rotatable bonds is 6. The van der Waals surface area contributed by atoms with Gasteiger partial charge in [-0.05, 0) is 55.3 Å². The van der Waals surface area contributed by atoms with Gasteiger partial charge in [0.2, 0.25) is 17.7 Å². The van der Waals surface area contributed by atoms with E-state index in [0.29, 0.717) is 29.2 Å². The van der Waals surface area contributed by atoms with E-state index in [1.165, 1.54) is 23.9 Å². The third-order valence-corrected chi connectivity index (χ3v) is 7.69. The number of allylic oxidation sites excluding steroid dienone is 2. The fraction of sp³-hybridized carbons (Fsp3) is 0.250. The summed E-state index contributed by atoms with van der Waals surface area (Å²) in [5.41, 5.74) is 0.905. The first-order chi connectivity index (χ1) is 16.2. The summed E-state index contributed by atoms with van der Waals surface area (Å²) in [5, 5.41) is 12.1. The number of hydrogen-bond acceptors (Lipinski definition) is 5. The van der Waals surface area contributed by atoms with Crippen molar-refractivity contribution < 1.29 is 24.3 Å². The molecule has 0 bridgehead atoms. The molecule has 0 radical (unpaired) electrons. The molecule has 0 saturated carbocycles. The van der Waals surface area contributed by atoms with Crippen LogP contribution in [0.1, 0.15) is 19.3 Å². The highest BCUT2D eigenvalue weighted by Gasteiger charge is 2.40. The number of carbonyl (C=O) groups excluding carboxylic acids is 3. The fourth-order valence-corrected chi connectivity index (χ4v) is 5.33. The topological polar surface area (TPSA) is 104 Å². The lowest BCUT2D eigenvalue weighted by atomic mass is 9.82. The van der Waals surface area contributed by atoms with Gasteiger partial charge in [0.1, 0.15) is 0 Å². The first-order valence-corrected chi connectivity index (χ1v) is 12.2. The molecule has 10 heteroatoms. The molecular weight excluding hydrogens is 499 g/mol. The number of carboxylic acids is 1. The molecule has 7 nitrogen and oxygen atoms in total. The highest BCUT2D eigenvalue weighted by Crippen LogP contribution is 2.36. The Balaban J connectivity index is 1.40. The molecule has 2 aliphatic rings. The molecule has 2 N–H and O–H groups in total. The van der Waals surface area contributed by atoms with Crippen molar-refractivity contribution in [2.75, 3.05) is 10.2 Å². The number of hydrogen-bond donors (Lipinski definition) is 2.